The summed E-state index contributed by atoms with van der Waals surface area (Å²) in [5, 5.41) is 7.89. The summed E-state index contributed by atoms with van der Waals surface area (Å²) in [5.74, 6) is 0.0155. The van der Waals surface area contributed by atoms with Gasteiger partial charge < -0.3 is 10.1 Å². The minimum absolute atomic E-state index is 0.00657. The molecule has 1 saturated heterocycles. The predicted octanol–water partition coefficient (Wildman–Crippen LogP) is 4.26. The first-order valence-electron chi connectivity index (χ1n) is 9.71. The molecule has 0 radical (unpaired) electrons. The average molecular weight is 370 g/mol. The Hall–Kier alpha value is -2.14. The number of para-hydroxylation sites is 1. The summed E-state index contributed by atoms with van der Waals surface area (Å²) in [6.07, 6.45) is 1.61. The van der Waals surface area contributed by atoms with Crippen molar-refractivity contribution in [1.82, 2.24) is 15.1 Å². The molecular formula is C22H31N3O2. The van der Waals surface area contributed by atoms with E-state index in [9.17, 15) is 4.79 Å². The largest absolute Gasteiger partial charge is 0.369 e. The SMILES string of the molecule is CC(=O)N[C@H]1C[C@@H](c2c(C)nn(-c3ccccc3)c2C)O[C@@H](C(C)(C)C)C1. The van der Waals surface area contributed by atoms with E-state index in [1.54, 1.807) is 6.92 Å². The van der Waals surface area contributed by atoms with Gasteiger partial charge in [-0.25, -0.2) is 4.68 Å². The molecule has 0 saturated carbocycles. The number of carbonyl (C=O) groups excluding carboxylic acids is 1. The quantitative estimate of drug-likeness (QED) is 0.879. The zero-order valence-electron chi connectivity index (χ0n) is 17.2. The zero-order valence-corrected chi connectivity index (χ0v) is 17.2. The van der Waals surface area contributed by atoms with Crippen LogP contribution in [0.2, 0.25) is 0 Å². The summed E-state index contributed by atoms with van der Waals surface area (Å²) in [5.41, 5.74) is 4.28. The third kappa shape index (κ3) is 4.24. The van der Waals surface area contributed by atoms with Gasteiger partial charge in [0.25, 0.3) is 0 Å². The van der Waals surface area contributed by atoms with E-state index in [-0.39, 0.29) is 29.6 Å². The molecule has 27 heavy (non-hydrogen) atoms. The van der Waals surface area contributed by atoms with Gasteiger partial charge in [-0.15, -0.1) is 0 Å². The number of nitrogens with one attached hydrogen (secondary N) is 1. The molecule has 2 aromatic rings. The van der Waals surface area contributed by atoms with E-state index in [1.165, 1.54) is 0 Å². The third-order valence-corrected chi connectivity index (χ3v) is 5.37. The molecule has 1 aromatic heterocycles. The maximum Gasteiger partial charge on any atom is 0.217 e. The molecule has 1 aliphatic heterocycles. The van der Waals surface area contributed by atoms with Gasteiger partial charge in [-0.2, -0.15) is 5.10 Å². The number of aromatic nitrogens is 2. The second-order valence-corrected chi connectivity index (χ2v) is 8.68. The number of benzene rings is 1. The first-order chi connectivity index (χ1) is 12.7. The Labute approximate surface area is 162 Å². The third-order valence-electron chi connectivity index (χ3n) is 5.37. The second-order valence-electron chi connectivity index (χ2n) is 8.68. The van der Waals surface area contributed by atoms with Crippen LogP contribution in [0.3, 0.4) is 0 Å². The average Bonchev–Trinajstić information content (AvgIpc) is 2.88. The van der Waals surface area contributed by atoms with Gasteiger partial charge in [0, 0.05) is 24.2 Å². The highest BCUT2D eigenvalue weighted by molar-refractivity contribution is 5.73. The van der Waals surface area contributed by atoms with E-state index in [1.807, 2.05) is 29.8 Å². The van der Waals surface area contributed by atoms with Crippen LogP contribution < -0.4 is 5.32 Å². The van der Waals surface area contributed by atoms with Crippen LogP contribution in [0.5, 0.6) is 0 Å². The highest BCUT2D eigenvalue weighted by Gasteiger charge is 2.38. The number of ether oxygens (including phenoxy) is 1. The highest BCUT2D eigenvalue weighted by Crippen LogP contribution is 2.40. The molecule has 3 rings (SSSR count). The van der Waals surface area contributed by atoms with E-state index in [0.717, 1.165) is 35.5 Å². The lowest BCUT2D eigenvalue weighted by Crippen LogP contribution is -2.46. The molecule has 5 heteroatoms. The Balaban J connectivity index is 1.96. The van der Waals surface area contributed by atoms with Crippen LogP contribution in [-0.2, 0) is 9.53 Å². The fraction of sp³-hybridized carbons (Fsp3) is 0.545. The minimum Gasteiger partial charge on any atom is -0.369 e. The summed E-state index contributed by atoms with van der Waals surface area (Å²) >= 11 is 0. The summed E-state index contributed by atoms with van der Waals surface area (Å²) in [6, 6.07) is 10.3. The Morgan fingerprint density at radius 3 is 2.44 bits per heavy atom. The molecule has 0 bridgehead atoms. The van der Waals surface area contributed by atoms with Gasteiger partial charge in [0.15, 0.2) is 0 Å². The van der Waals surface area contributed by atoms with E-state index in [0.29, 0.717) is 0 Å². The van der Waals surface area contributed by atoms with Gasteiger partial charge in [-0.05, 0) is 44.2 Å². The van der Waals surface area contributed by atoms with Crippen molar-refractivity contribution >= 4 is 5.91 Å². The lowest BCUT2D eigenvalue weighted by atomic mass is 9.81. The molecule has 2 heterocycles. The lowest BCUT2D eigenvalue weighted by Gasteiger charge is -2.42. The van der Waals surface area contributed by atoms with Gasteiger partial charge in [-0.1, -0.05) is 39.0 Å². The van der Waals surface area contributed by atoms with Gasteiger partial charge in [0.2, 0.25) is 5.91 Å². The monoisotopic (exact) mass is 369 g/mol. The molecule has 146 valence electrons. The normalized spacial score (nSPS) is 23.3. The Bertz CT molecular complexity index is 805. The van der Waals surface area contributed by atoms with Crippen LogP contribution in [0.15, 0.2) is 30.3 Å². The zero-order chi connectivity index (χ0) is 19.8. The van der Waals surface area contributed by atoms with Crippen molar-refractivity contribution in [2.75, 3.05) is 0 Å². The maximum atomic E-state index is 11.7. The molecule has 1 N–H and O–H groups in total. The standard InChI is InChI=1S/C22H31N3O2/c1-14-21(15(2)25(24-14)18-10-8-7-9-11-18)19-12-17(23-16(3)26)13-20(27-19)22(4,5)6/h7-11,17,19-20H,12-13H2,1-6H3,(H,23,26)/t17-,19-,20+/m0/s1. The molecule has 5 nitrogen and oxygen atoms in total. The number of hydrogen-bond acceptors (Lipinski definition) is 3. The number of amides is 1. The summed E-state index contributed by atoms with van der Waals surface area (Å²) in [7, 11) is 0. The number of hydrogen-bond donors (Lipinski definition) is 1. The number of carbonyl (C=O) groups is 1. The number of nitrogens with zero attached hydrogens (tertiary/aromatic N) is 2. The van der Waals surface area contributed by atoms with Crippen molar-refractivity contribution in [2.45, 2.75) is 72.6 Å². The van der Waals surface area contributed by atoms with Crippen molar-refractivity contribution in [1.29, 1.82) is 0 Å². The van der Waals surface area contributed by atoms with Crippen LogP contribution in [0.4, 0.5) is 0 Å². The number of rotatable bonds is 3. The molecule has 0 spiro atoms. The molecule has 1 aromatic carbocycles. The lowest BCUT2D eigenvalue weighted by molar-refractivity contribution is -0.127. The van der Waals surface area contributed by atoms with E-state index < -0.39 is 0 Å². The van der Waals surface area contributed by atoms with Gasteiger partial charge in [-0.3, -0.25) is 4.79 Å². The highest BCUT2D eigenvalue weighted by atomic mass is 16.5. The van der Waals surface area contributed by atoms with Gasteiger partial charge in [0.1, 0.15) is 0 Å². The van der Waals surface area contributed by atoms with Crippen LogP contribution in [0, 0.1) is 19.3 Å². The molecule has 1 amide bonds. The summed E-state index contributed by atoms with van der Waals surface area (Å²) in [6.45, 7) is 12.3. The van der Waals surface area contributed by atoms with Crippen LogP contribution >= 0.6 is 0 Å². The van der Waals surface area contributed by atoms with Gasteiger partial charge in [0.05, 0.1) is 23.6 Å². The van der Waals surface area contributed by atoms with E-state index in [4.69, 9.17) is 9.84 Å². The number of aryl methyl sites for hydroxylation is 1. The molecule has 0 unspecified atom stereocenters. The molecule has 3 atom stereocenters. The summed E-state index contributed by atoms with van der Waals surface area (Å²) in [4.78, 5) is 11.7. The first-order valence-corrected chi connectivity index (χ1v) is 9.71. The maximum absolute atomic E-state index is 11.7. The Morgan fingerprint density at radius 1 is 1.19 bits per heavy atom. The van der Waals surface area contributed by atoms with Crippen molar-refractivity contribution in [2.24, 2.45) is 5.41 Å². The minimum atomic E-state index is -0.0720. The van der Waals surface area contributed by atoms with Crippen molar-refractivity contribution < 1.29 is 9.53 Å². The Kier molecular flexibility index (Phi) is 5.43. The molecular weight excluding hydrogens is 338 g/mol. The van der Waals surface area contributed by atoms with E-state index >= 15 is 0 Å². The molecule has 1 aliphatic rings. The van der Waals surface area contributed by atoms with Crippen LogP contribution in [-0.4, -0.2) is 27.8 Å². The van der Waals surface area contributed by atoms with Gasteiger partial charge >= 0.3 is 0 Å². The smallest absolute Gasteiger partial charge is 0.217 e. The van der Waals surface area contributed by atoms with Crippen molar-refractivity contribution in [3.63, 3.8) is 0 Å². The topological polar surface area (TPSA) is 56.2 Å². The fourth-order valence-electron chi connectivity index (χ4n) is 4.01. The van der Waals surface area contributed by atoms with Crippen molar-refractivity contribution in [3.05, 3.63) is 47.3 Å². The van der Waals surface area contributed by atoms with Crippen LogP contribution in [0.1, 0.15) is 63.6 Å². The predicted molar refractivity (Wildman–Crippen MR) is 107 cm³/mol. The van der Waals surface area contributed by atoms with E-state index in [2.05, 4.69) is 45.1 Å². The first kappa shape index (κ1) is 19.6. The Morgan fingerprint density at radius 2 is 1.85 bits per heavy atom. The fourth-order valence-corrected chi connectivity index (χ4v) is 4.01. The molecule has 0 aliphatic carbocycles. The summed E-state index contributed by atoms with van der Waals surface area (Å²) < 4.78 is 8.54. The van der Waals surface area contributed by atoms with Crippen molar-refractivity contribution in [3.8, 4) is 5.69 Å². The second kappa shape index (κ2) is 7.47. The molecule has 1 fully saturated rings. The van der Waals surface area contributed by atoms with Crippen LogP contribution in [0.25, 0.3) is 5.69 Å².